The van der Waals surface area contributed by atoms with Gasteiger partial charge < -0.3 is 14.2 Å². The third-order valence-electron chi connectivity index (χ3n) is 6.05. The normalized spacial score (nSPS) is 19.7. The maximum Gasteiger partial charge on any atom is 0.389 e. The molecule has 0 saturated heterocycles. The van der Waals surface area contributed by atoms with Gasteiger partial charge in [0.15, 0.2) is 0 Å². The van der Waals surface area contributed by atoms with E-state index < -0.39 is 19.0 Å². The number of benzene rings is 2. The van der Waals surface area contributed by atoms with E-state index in [0.29, 0.717) is 11.3 Å². The number of carbonyl (C=O) groups excluding carboxylic acids is 1. The smallest absolute Gasteiger partial charge is 0.389 e. The minimum Gasteiger partial charge on any atom is -0.469 e. The summed E-state index contributed by atoms with van der Waals surface area (Å²) in [7, 11) is 0.369. The molecule has 2 atom stereocenters. The Morgan fingerprint density at radius 3 is 2.36 bits per heavy atom. The Bertz CT molecular complexity index is 1100. The predicted octanol–water partition coefficient (Wildman–Crippen LogP) is 4.28. The molecule has 1 heterocycles. The average Bonchev–Trinajstić information content (AvgIpc) is 2.83. The highest BCUT2D eigenvalue weighted by atomic mass is 28.3. The molecule has 0 N–H and O–H groups in total. The second-order valence-corrected chi connectivity index (χ2v) is 12.8. The molecule has 0 spiro atoms. The van der Waals surface area contributed by atoms with Crippen LogP contribution in [0.5, 0.6) is 0 Å². The molecule has 1 aliphatic rings. The van der Waals surface area contributed by atoms with Crippen molar-refractivity contribution in [3.05, 3.63) is 81.2 Å². The van der Waals surface area contributed by atoms with E-state index in [-0.39, 0.29) is 30.1 Å². The molecule has 2 aromatic carbocycles. The first-order chi connectivity index (χ1) is 15.7. The summed E-state index contributed by atoms with van der Waals surface area (Å²) in [5.74, 6) is -0.204. The van der Waals surface area contributed by atoms with Crippen LogP contribution in [0.15, 0.2) is 70.5 Å². The minimum atomic E-state index is -2.42. The molecule has 0 fully saturated rings. The van der Waals surface area contributed by atoms with Gasteiger partial charge in [-0.05, 0) is 11.3 Å². The van der Waals surface area contributed by atoms with E-state index in [9.17, 15) is 14.9 Å². The monoisotopic (exact) mass is 468 g/mol. The van der Waals surface area contributed by atoms with Crippen molar-refractivity contribution in [2.24, 2.45) is 10.9 Å². The van der Waals surface area contributed by atoms with Crippen LogP contribution in [0.3, 0.4) is 0 Å². The third-order valence-corrected chi connectivity index (χ3v) is 9.76. The van der Waals surface area contributed by atoms with E-state index >= 15 is 0 Å². The van der Waals surface area contributed by atoms with Crippen LogP contribution in [0, 0.1) is 16.0 Å². The van der Waals surface area contributed by atoms with Gasteiger partial charge in [0, 0.05) is 12.0 Å². The molecule has 8 nitrogen and oxygen atoms in total. The highest BCUT2D eigenvalue weighted by Crippen LogP contribution is 2.42. The number of rotatable bonds is 6. The molecule has 2 aromatic rings. The van der Waals surface area contributed by atoms with Crippen LogP contribution in [-0.4, -0.2) is 39.3 Å². The molecule has 0 aliphatic carbocycles. The van der Waals surface area contributed by atoms with E-state index in [1.165, 1.54) is 20.3 Å². The maximum absolute atomic E-state index is 12.5. The Hall–Kier alpha value is -3.46. The molecule has 9 heteroatoms. The molecule has 0 saturated carbocycles. The van der Waals surface area contributed by atoms with Gasteiger partial charge in [0.25, 0.3) is 5.69 Å². The number of para-hydroxylation sites is 1. The highest BCUT2D eigenvalue weighted by Gasteiger charge is 2.41. The second-order valence-electron chi connectivity index (χ2n) is 8.34. The number of nitrogens with zero attached hydrogens (tertiary/aromatic N) is 2. The summed E-state index contributed by atoms with van der Waals surface area (Å²) in [5.41, 5.74) is 0.436. The number of ether oxygens (including phenoxy) is 3. The third kappa shape index (κ3) is 4.98. The Morgan fingerprint density at radius 1 is 1.12 bits per heavy atom. The van der Waals surface area contributed by atoms with Crippen molar-refractivity contribution in [1.82, 2.24) is 0 Å². The molecule has 0 radical (unpaired) electrons. The van der Waals surface area contributed by atoms with Gasteiger partial charge in [-0.3, -0.25) is 14.9 Å². The summed E-state index contributed by atoms with van der Waals surface area (Å²) in [6.45, 7) is 6.18. The summed E-state index contributed by atoms with van der Waals surface area (Å²) in [4.78, 5) is 28.2. The van der Waals surface area contributed by atoms with Gasteiger partial charge >= 0.3 is 12.1 Å². The van der Waals surface area contributed by atoms with E-state index in [4.69, 9.17) is 14.2 Å². The fourth-order valence-corrected chi connectivity index (χ4v) is 6.97. The molecular formula is C24H28N2O6Si. The summed E-state index contributed by atoms with van der Waals surface area (Å²) in [6.07, 6.45) is 0.0525. The zero-order chi connectivity index (χ0) is 24.2. The highest BCUT2D eigenvalue weighted by molar-refractivity contribution is 6.95. The van der Waals surface area contributed by atoms with E-state index in [1.807, 2.05) is 37.3 Å². The van der Waals surface area contributed by atoms with Gasteiger partial charge in [0.05, 0.1) is 37.2 Å². The van der Waals surface area contributed by atoms with Gasteiger partial charge in [-0.2, -0.15) is 0 Å². The second kappa shape index (κ2) is 9.99. The Labute approximate surface area is 194 Å². The van der Waals surface area contributed by atoms with Crippen LogP contribution in [-0.2, 0) is 19.0 Å². The molecule has 0 unspecified atom stereocenters. The molecule has 33 heavy (non-hydrogen) atoms. The number of hydrogen-bond donors (Lipinski definition) is 0. The van der Waals surface area contributed by atoms with Crippen molar-refractivity contribution in [3.63, 3.8) is 0 Å². The molecule has 0 bridgehead atoms. The standard InChI is InChI=1S/C24H28N2O6Si/c1-16-22(18-13-9-10-14-19(18)26(28)29)25-24(31-3)32-23(16)20(15-21(27)30-2)33(4,5)17-11-7-6-8-12-17/h6-14,16,22H,15H2,1-5H3/b23-20-/t16-,22-/m0/s1. The Kier molecular flexibility index (Phi) is 7.32. The maximum atomic E-state index is 12.5. The summed E-state index contributed by atoms with van der Waals surface area (Å²) < 4.78 is 16.4. The zero-order valence-corrected chi connectivity index (χ0v) is 20.4. The Balaban J connectivity index is 2.23. The van der Waals surface area contributed by atoms with E-state index in [0.717, 1.165) is 10.4 Å². The lowest BCUT2D eigenvalue weighted by Crippen LogP contribution is -2.46. The number of hydrogen-bond acceptors (Lipinski definition) is 7. The number of methoxy groups -OCH3 is 2. The fourth-order valence-electron chi connectivity index (χ4n) is 4.12. The van der Waals surface area contributed by atoms with Crippen LogP contribution < -0.4 is 5.19 Å². The summed E-state index contributed by atoms with van der Waals surface area (Å²) >= 11 is 0. The number of nitro groups is 1. The van der Waals surface area contributed by atoms with Gasteiger partial charge in [-0.1, -0.05) is 67.7 Å². The predicted molar refractivity (Wildman–Crippen MR) is 128 cm³/mol. The van der Waals surface area contributed by atoms with Crippen molar-refractivity contribution in [3.8, 4) is 0 Å². The van der Waals surface area contributed by atoms with Crippen molar-refractivity contribution < 1.29 is 23.9 Å². The number of carbonyl (C=O) groups is 1. The molecule has 0 aromatic heterocycles. The van der Waals surface area contributed by atoms with Gasteiger partial charge in [0.1, 0.15) is 13.8 Å². The van der Waals surface area contributed by atoms with Crippen LogP contribution in [0.4, 0.5) is 5.69 Å². The zero-order valence-electron chi connectivity index (χ0n) is 19.4. The summed E-state index contributed by atoms with van der Waals surface area (Å²) in [6, 6.07) is 15.9. The SMILES string of the molecule is COC(=O)C/C(=C1/OC(OC)=N[C@H](c2ccccc2[N+](=O)[O-])[C@@H]1C)[Si](C)(C)c1ccccc1. The lowest BCUT2D eigenvalue weighted by molar-refractivity contribution is -0.385. The quantitative estimate of drug-likeness (QED) is 0.272. The minimum absolute atomic E-state index is 0.00600. The Morgan fingerprint density at radius 2 is 1.76 bits per heavy atom. The van der Waals surface area contributed by atoms with Crippen LogP contribution in [0.25, 0.3) is 0 Å². The lowest BCUT2D eigenvalue weighted by Gasteiger charge is -2.35. The van der Waals surface area contributed by atoms with Crippen molar-refractivity contribution >= 4 is 31.0 Å². The molecule has 3 rings (SSSR count). The average molecular weight is 469 g/mol. The van der Waals surface area contributed by atoms with Gasteiger partial charge in [-0.15, -0.1) is 0 Å². The van der Waals surface area contributed by atoms with Crippen LogP contribution in [0.1, 0.15) is 24.9 Å². The van der Waals surface area contributed by atoms with E-state index in [2.05, 4.69) is 18.1 Å². The van der Waals surface area contributed by atoms with Gasteiger partial charge in [0.2, 0.25) is 0 Å². The first kappa shape index (κ1) is 24.2. The van der Waals surface area contributed by atoms with Crippen LogP contribution >= 0.6 is 0 Å². The summed E-state index contributed by atoms with van der Waals surface area (Å²) in [5, 5.41) is 13.6. The molecule has 174 valence electrons. The van der Waals surface area contributed by atoms with Crippen molar-refractivity contribution in [2.75, 3.05) is 14.2 Å². The lowest BCUT2D eigenvalue weighted by atomic mass is 9.91. The number of esters is 1. The topological polar surface area (TPSA) is 100 Å². The largest absolute Gasteiger partial charge is 0.469 e. The fraction of sp³-hybridized carbons (Fsp3) is 0.333. The van der Waals surface area contributed by atoms with Gasteiger partial charge in [-0.25, -0.2) is 4.99 Å². The first-order valence-corrected chi connectivity index (χ1v) is 13.6. The van der Waals surface area contributed by atoms with Crippen molar-refractivity contribution in [2.45, 2.75) is 32.5 Å². The molecule has 1 aliphatic heterocycles. The van der Waals surface area contributed by atoms with Crippen molar-refractivity contribution in [1.29, 1.82) is 0 Å². The van der Waals surface area contributed by atoms with E-state index in [1.54, 1.807) is 18.2 Å². The molecular weight excluding hydrogens is 440 g/mol. The number of nitro benzene ring substituents is 1. The first-order valence-electron chi connectivity index (χ1n) is 10.6. The van der Waals surface area contributed by atoms with Crippen LogP contribution in [0.2, 0.25) is 13.1 Å². The molecule has 0 amide bonds. The number of aliphatic imine (C=N–C) groups is 1.